The number of carbonyl (C=O) groups is 2. The van der Waals surface area contributed by atoms with Crippen LogP contribution >= 0.6 is 0 Å². The second kappa shape index (κ2) is 14.7. The van der Waals surface area contributed by atoms with Gasteiger partial charge < -0.3 is 19.6 Å². The summed E-state index contributed by atoms with van der Waals surface area (Å²) in [5.74, 6) is 0.0888. The van der Waals surface area contributed by atoms with Crippen LogP contribution in [0.4, 0.5) is 4.79 Å². The van der Waals surface area contributed by atoms with Crippen LogP contribution in [0.3, 0.4) is 0 Å². The molecule has 242 valence electrons. The molecule has 0 bridgehead atoms. The molecule has 2 aromatic carbocycles. The van der Waals surface area contributed by atoms with Crippen LogP contribution in [0.5, 0.6) is 5.75 Å². The van der Waals surface area contributed by atoms with Gasteiger partial charge in [0.2, 0.25) is 5.82 Å². The summed E-state index contributed by atoms with van der Waals surface area (Å²) in [6, 6.07) is 16.5. The number of benzene rings is 2. The van der Waals surface area contributed by atoms with Gasteiger partial charge in [-0.3, -0.25) is 14.2 Å². The van der Waals surface area contributed by atoms with E-state index in [0.717, 1.165) is 22.3 Å². The van der Waals surface area contributed by atoms with Gasteiger partial charge in [0.25, 0.3) is 10.6 Å². The maximum absolute atomic E-state index is 13.4. The van der Waals surface area contributed by atoms with Crippen molar-refractivity contribution in [1.82, 2.24) is 40.5 Å². The summed E-state index contributed by atoms with van der Waals surface area (Å²) in [6.45, 7) is 2.96. The average Bonchev–Trinajstić information content (AvgIpc) is 3.58. The lowest BCUT2D eigenvalue weighted by Crippen LogP contribution is -2.33. The topological polar surface area (TPSA) is 219 Å². The SMILES string of the molecule is Cc1nc(C)c2c(OC(=O)NCC(=O)OCCCCO[N+](=O)[O-])cc(=O)n(Cc3ccc(-c4ccccc4-c4nn[nH]n4)cc3)c2n1. The summed E-state index contributed by atoms with van der Waals surface area (Å²) in [4.78, 5) is 61.1. The summed E-state index contributed by atoms with van der Waals surface area (Å²) in [5.41, 5.74) is 3.75. The third-order valence-electron chi connectivity index (χ3n) is 6.90. The zero-order valence-electron chi connectivity index (χ0n) is 25.3. The number of hydrogen-bond acceptors (Lipinski definition) is 13. The zero-order chi connectivity index (χ0) is 33.3. The molecule has 0 saturated heterocycles. The maximum Gasteiger partial charge on any atom is 0.413 e. The fourth-order valence-electron chi connectivity index (χ4n) is 4.82. The molecule has 0 atom stereocenters. The Labute approximate surface area is 266 Å². The lowest BCUT2D eigenvalue weighted by atomic mass is 9.98. The van der Waals surface area contributed by atoms with Gasteiger partial charge in [0, 0.05) is 11.6 Å². The number of tetrazole rings is 1. The van der Waals surface area contributed by atoms with Crippen molar-refractivity contribution in [2.24, 2.45) is 0 Å². The quantitative estimate of drug-likeness (QED) is 0.0817. The molecule has 0 spiro atoms. The zero-order valence-corrected chi connectivity index (χ0v) is 25.3. The van der Waals surface area contributed by atoms with Gasteiger partial charge in [-0.05, 0) is 48.6 Å². The molecule has 5 rings (SSSR count). The minimum atomic E-state index is -0.989. The summed E-state index contributed by atoms with van der Waals surface area (Å²) < 4.78 is 11.9. The largest absolute Gasteiger partial charge is 0.464 e. The highest BCUT2D eigenvalue weighted by molar-refractivity contribution is 5.88. The molecule has 47 heavy (non-hydrogen) atoms. The van der Waals surface area contributed by atoms with E-state index in [0.29, 0.717) is 35.6 Å². The number of rotatable bonds is 13. The highest BCUT2D eigenvalue weighted by atomic mass is 16.9. The standard InChI is InChI=1S/C30H29N9O8/c1-18-27-24(47-30(42)31-16-26(41)45-13-5-6-14-46-39(43)44)15-25(40)38(29(27)33-19(2)32-18)17-20-9-11-21(12-10-20)22-7-3-4-8-23(22)28-34-36-37-35-28/h3-4,7-12,15H,5-6,13-14,16-17H2,1-2H3,(H,31,42)(H,34,35,36,37). The third kappa shape index (κ3) is 8.07. The third-order valence-corrected chi connectivity index (χ3v) is 6.90. The molecule has 0 saturated carbocycles. The van der Waals surface area contributed by atoms with Gasteiger partial charge in [0.05, 0.1) is 30.8 Å². The first-order chi connectivity index (χ1) is 22.7. The second-order valence-corrected chi connectivity index (χ2v) is 10.2. The molecule has 17 nitrogen and oxygen atoms in total. The Hall–Kier alpha value is -6.26. The molecular formula is C30H29N9O8. The fraction of sp³-hybridized carbons (Fsp3) is 0.267. The molecule has 0 aliphatic carbocycles. The summed E-state index contributed by atoms with van der Waals surface area (Å²) in [5, 5.41) is 26.2. The molecular weight excluding hydrogens is 614 g/mol. The van der Waals surface area contributed by atoms with E-state index in [1.54, 1.807) is 13.8 Å². The van der Waals surface area contributed by atoms with Crippen molar-refractivity contribution in [2.45, 2.75) is 33.2 Å². The molecule has 5 aromatic rings. The molecule has 0 aliphatic rings. The Kier molecular flexibility index (Phi) is 10.0. The van der Waals surface area contributed by atoms with Crippen LogP contribution in [0, 0.1) is 24.0 Å². The molecule has 17 heteroatoms. The van der Waals surface area contributed by atoms with Crippen molar-refractivity contribution in [3.8, 4) is 28.3 Å². The predicted molar refractivity (Wildman–Crippen MR) is 165 cm³/mol. The van der Waals surface area contributed by atoms with Crippen LogP contribution in [0.1, 0.15) is 29.9 Å². The van der Waals surface area contributed by atoms with Crippen molar-refractivity contribution in [3.05, 3.63) is 92.1 Å². The van der Waals surface area contributed by atoms with E-state index in [1.807, 2.05) is 48.5 Å². The number of unbranched alkanes of at least 4 members (excludes halogenated alkanes) is 1. The number of hydrogen-bond donors (Lipinski definition) is 2. The molecule has 2 N–H and O–H groups in total. The average molecular weight is 644 g/mol. The predicted octanol–water partition coefficient (Wildman–Crippen LogP) is 2.92. The number of esters is 1. The number of pyridine rings is 1. The molecule has 3 heterocycles. The van der Waals surface area contributed by atoms with E-state index in [4.69, 9.17) is 9.47 Å². The van der Waals surface area contributed by atoms with Gasteiger partial charge in [-0.2, -0.15) is 5.21 Å². The Balaban J connectivity index is 1.29. The van der Waals surface area contributed by atoms with Gasteiger partial charge in [-0.15, -0.1) is 20.3 Å². The first kappa shape index (κ1) is 32.1. The molecule has 0 unspecified atom stereocenters. The number of carbonyl (C=O) groups excluding carboxylic acids is 2. The van der Waals surface area contributed by atoms with E-state index < -0.39 is 29.3 Å². The minimum absolute atomic E-state index is 0.00827. The van der Waals surface area contributed by atoms with Gasteiger partial charge >= 0.3 is 12.1 Å². The van der Waals surface area contributed by atoms with Crippen molar-refractivity contribution in [3.63, 3.8) is 0 Å². The number of aromatic nitrogens is 7. The fourth-order valence-corrected chi connectivity index (χ4v) is 4.82. The van der Waals surface area contributed by atoms with E-state index in [-0.39, 0.29) is 31.2 Å². The lowest BCUT2D eigenvalue weighted by Gasteiger charge is -2.15. The molecule has 0 radical (unpaired) electrons. The van der Waals surface area contributed by atoms with Crippen molar-refractivity contribution in [1.29, 1.82) is 0 Å². The van der Waals surface area contributed by atoms with Gasteiger partial charge in [0.15, 0.2) is 11.4 Å². The highest BCUT2D eigenvalue weighted by Crippen LogP contribution is 2.30. The number of fused-ring (bicyclic) bond motifs is 1. The first-order valence-corrected chi connectivity index (χ1v) is 14.4. The minimum Gasteiger partial charge on any atom is -0.464 e. The van der Waals surface area contributed by atoms with Crippen LogP contribution in [0.2, 0.25) is 0 Å². The van der Waals surface area contributed by atoms with Gasteiger partial charge in [0.1, 0.15) is 12.4 Å². The number of aromatic amines is 1. The van der Waals surface area contributed by atoms with Crippen molar-refractivity contribution in [2.75, 3.05) is 19.8 Å². The first-order valence-electron chi connectivity index (χ1n) is 14.4. The van der Waals surface area contributed by atoms with Gasteiger partial charge in [-0.25, -0.2) is 14.8 Å². The van der Waals surface area contributed by atoms with E-state index >= 15 is 0 Å². The monoisotopic (exact) mass is 643 g/mol. The maximum atomic E-state index is 13.4. The Bertz CT molecular complexity index is 1960. The highest BCUT2D eigenvalue weighted by Gasteiger charge is 2.19. The Morgan fingerprint density at radius 2 is 1.77 bits per heavy atom. The number of nitrogens with one attached hydrogen (secondary N) is 2. The molecule has 0 aliphatic heterocycles. The summed E-state index contributed by atoms with van der Waals surface area (Å²) in [6.07, 6.45) is -0.340. The number of amides is 1. The summed E-state index contributed by atoms with van der Waals surface area (Å²) >= 11 is 0. The van der Waals surface area contributed by atoms with Crippen molar-refractivity contribution < 1.29 is 29.0 Å². The number of H-pyrrole nitrogens is 1. The Morgan fingerprint density at radius 1 is 1.02 bits per heavy atom. The molecule has 1 amide bonds. The van der Waals surface area contributed by atoms with Crippen LogP contribution in [-0.2, 0) is 20.9 Å². The van der Waals surface area contributed by atoms with Gasteiger partial charge in [-0.1, -0.05) is 48.5 Å². The van der Waals surface area contributed by atoms with Crippen LogP contribution in [-0.4, -0.2) is 72.1 Å². The van der Waals surface area contributed by atoms with E-state index in [1.165, 1.54) is 10.6 Å². The van der Waals surface area contributed by atoms with E-state index in [2.05, 4.69) is 40.7 Å². The number of nitrogens with zero attached hydrogens (tertiary/aromatic N) is 7. The van der Waals surface area contributed by atoms with Crippen LogP contribution in [0.15, 0.2) is 59.4 Å². The summed E-state index contributed by atoms with van der Waals surface area (Å²) in [7, 11) is 0. The van der Waals surface area contributed by atoms with E-state index in [9.17, 15) is 24.5 Å². The Morgan fingerprint density at radius 3 is 2.49 bits per heavy atom. The molecule has 0 fully saturated rings. The number of aryl methyl sites for hydroxylation is 2. The smallest absolute Gasteiger partial charge is 0.413 e. The second-order valence-electron chi connectivity index (χ2n) is 10.2. The lowest BCUT2D eigenvalue weighted by molar-refractivity contribution is -0.757. The van der Waals surface area contributed by atoms with Crippen LogP contribution < -0.4 is 15.6 Å². The normalized spacial score (nSPS) is 10.9. The molecule has 3 aromatic heterocycles. The van der Waals surface area contributed by atoms with Crippen LogP contribution in [0.25, 0.3) is 33.5 Å². The van der Waals surface area contributed by atoms with Crippen molar-refractivity contribution >= 4 is 23.1 Å². The number of ether oxygens (including phenoxy) is 2.